The quantitative estimate of drug-likeness (QED) is 0.475. The minimum absolute atomic E-state index is 0.164. The van der Waals surface area contributed by atoms with Crippen molar-refractivity contribution in [2.24, 2.45) is 0 Å². The SMILES string of the molecule is O=C(CSc1nnc(NC(=O)c2ccccc2)s1)Nc1ccc(Cl)cc1. The standard InChI is InChI=1S/C17H13ClN4O2S2/c18-12-6-8-13(9-7-12)19-14(23)10-25-17-22-21-16(26-17)20-15(24)11-4-2-1-3-5-11/h1-9H,10H2,(H,19,23)(H,20,21,24). The van der Waals surface area contributed by atoms with E-state index in [1.807, 2.05) is 6.07 Å². The summed E-state index contributed by atoms with van der Waals surface area (Å²) in [7, 11) is 0. The number of anilines is 2. The highest BCUT2D eigenvalue weighted by Gasteiger charge is 2.11. The maximum Gasteiger partial charge on any atom is 0.257 e. The molecule has 0 aliphatic heterocycles. The Morgan fingerprint density at radius 1 is 1.00 bits per heavy atom. The number of rotatable bonds is 6. The first-order chi connectivity index (χ1) is 12.6. The molecule has 0 saturated carbocycles. The normalized spacial score (nSPS) is 10.3. The van der Waals surface area contributed by atoms with Gasteiger partial charge in [0, 0.05) is 16.3 Å². The molecule has 1 heterocycles. The average Bonchev–Trinajstić information content (AvgIpc) is 3.10. The third-order valence-electron chi connectivity index (χ3n) is 3.12. The first-order valence-corrected chi connectivity index (χ1v) is 9.66. The van der Waals surface area contributed by atoms with Crippen molar-refractivity contribution in [1.82, 2.24) is 10.2 Å². The number of carbonyl (C=O) groups is 2. The molecule has 0 aliphatic carbocycles. The van der Waals surface area contributed by atoms with Crippen molar-refractivity contribution in [1.29, 1.82) is 0 Å². The molecule has 9 heteroatoms. The number of hydrogen-bond acceptors (Lipinski definition) is 6. The molecular formula is C17H13ClN4O2S2. The van der Waals surface area contributed by atoms with Gasteiger partial charge in [-0.1, -0.05) is 52.9 Å². The van der Waals surface area contributed by atoms with Crippen molar-refractivity contribution >= 4 is 57.3 Å². The fourth-order valence-corrected chi connectivity index (χ4v) is 3.61. The highest BCUT2D eigenvalue weighted by molar-refractivity contribution is 8.01. The zero-order chi connectivity index (χ0) is 18.4. The number of nitrogens with one attached hydrogen (secondary N) is 2. The van der Waals surface area contributed by atoms with Crippen molar-refractivity contribution in [3.63, 3.8) is 0 Å². The van der Waals surface area contributed by atoms with Gasteiger partial charge in [0.25, 0.3) is 5.91 Å². The molecule has 6 nitrogen and oxygen atoms in total. The Balaban J connectivity index is 1.49. The number of thioether (sulfide) groups is 1. The summed E-state index contributed by atoms with van der Waals surface area (Å²) in [5.74, 6) is -0.231. The number of hydrogen-bond donors (Lipinski definition) is 2. The van der Waals surface area contributed by atoms with E-state index in [2.05, 4.69) is 20.8 Å². The van der Waals surface area contributed by atoms with Crippen LogP contribution in [0.3, 0.4) is 0 Å². The van der Waals surface area contributed by atoms with Crippen LogP contribution in [0.15, 0.2) is 58.9 Å². The molecule has 2 N–H and O–H groups in total. The highest BCUT2D eigenvalue weighted by Crippen LogP contribution is 2.26. The van der Waals surface area contributed by atoms with Crippen LogP contribution < -0.4 is 10.6 Å². The zero-order valence-corrected chi connectivity index (χ0v) is 15.7. The first kappa shape index (κ1) is 18.4. The van der Waals surface area contributed by atoms with Crippen LogP contribution in [0.1, 0.15) is 10.4 Å². The van der Waals surface area contributed by atoms with E-state index in [9.17, 15) is 9.59 Å². The number of halogens is 1. The van der Waals surface area contributed by atoms with E-state index in [1.54, 1.807) is 48.5 Å². The smallest absolute Gasteiger partial charge is 0.257 e. The maximum absolute atomic E-state index is 12.1. The molecule has 0 aliphatic rings. The lowest BCUT2D eigenvalue weighted by atomic mass is 10.2. The summed E-state index contributed by atoms with van der Waals surface area (Å²) in [5.41, 5.74) is 1.22. The van der Waals surface area contributed by atoms with Crippen LogP contribution in [-0.4, -0.2) is 27.8 Å². The summed E-state index contributed by atoms with van der Waals surface area (Å²) in [4.78, 5) is 24.0. The molecule has 132 valence electrons. The Hall–Kier alpha value is -2.42. The minimum Gasteiger partial charge on any atom is -0.325 e. The molecule has 0 atom stereocenters. The number of aromatic nitrogens is 2. The average molecular weight is 405 g/mol. The molecule has 1 aromatic heterocycles. The van der Waals surface area contributed by atoms with Gasteiger partial charge in [-0.05, 0) is 36.4 Å². The molecule has 2 aromatic carbocycles. The summed E-state index contributed by atoms with van der Waals surface area (Å²) in [6, 6.07) is 15.7. The molecule has 0 saturated heterocycles. The van der Waals surface area contributed by atoms with Crippen LogP contribution in [0, 0.1) is 0 Å². The Kier molecular flexibility index (Phi) is 6.21. The van der Waals surface area contributed by atoms with Crippen LogP contribution in [0.2, 0.25) is 5.02 Å². The van der Waals surface area contributed by atoms with E-state index >= 15 is 0 Å². The molecule has 0 radical (unpaired) electrons. The third-order valence-corrected chi connectivity index (χ3v) is 5.34. The second kappa shape index (κ2) is 8.79. The summed E-state index contributed by atoms with van der Waals surface area (Å²) in [6.07, 6.45) is 0. The molecule has 26 heavy (non-hydrogen) atoms. The van der Waals surface area contributed by atoms with E-state index in [0.29, 0.717) is 25.7 Å². The van der Waals surface area contributed by atoms with Crippen molar-refractivity contribution in [2.45, 2.75) is 4.34 Å². The van der Waals surface area contributed by atoms with Gasteiger partial charge in [0.1, 0.15) is 0 Å². The van der Waals surface area contributed by atoms with Gasteiger partial charge in [-0.25, -0.2) is 0 Å². The van der Waals surface area contributed by atoms with E-state index < -0.39 is 0 Å². The van der Waals surface area contributed by atoms with Crippen molar-refractivity contribution in [3.05, 3.63) is 65.2 Å². The lowest BCUT2D eigenvalue weighted by Gasteiger charge is -2.03. The highest BCUT2D eigenvalue weighted by atomic mass is 35.5. The van der Waals surface area contributed by atoms with E-state index in [0.717, 1.165) is 0 Å². The summed E-state index contributed by atoms with van der Waals surface area (Å²) in [6.45, 7) is 0. The van der Waals surface area contributed by atoms with Crippen LogP contribution in [0.5, 0.6) is 0 Å². The van der Waals surface area contributed by atoms with Gasteiger partial charge in [-0.15, -0.1) is 10.2 Å². The number of benzene rings is 2. The fourth-order valence-electron chi connectivity index (χ4n) is 1.94. The summed E-state index contributed by atoms with van der Waals surface area (Å²) in [5, 5.41) is 14.4. The number of carbonyl (C=O) groups excluding carboxylic acids is 2. The van der Waals surface area contributed by atoms with Gasteiger partial charge < -0.3 is 5.32 Å². The fraction of sp³-hybridized carbons (Fsp3) is 0.0588. The predicted octanol–water partition coefficient (Wildman–Crippen LogP) is 4.17. The minimum atomic E-state index is -0.251. The Labute approximate surface area is 163 Å². The Bertz CT molecular complexity index is 901. The second-order valence-corrected chi connectivity index (χ2v) is 7.67. The number of amides is 2. The maximum atomic E-state index is 12.1. The largest absolute Gasteiger partial charge is 0.325 e. The van der Waals surface area contributed by atoms with E-state index in [-0.39, 0.29) is 17.6 Å². The third kappa shape index (κ3) is 5.29. The lowest BCUT2D eigenvalue weighted by molar-refractivity contribution is -0.113. The van der Waals surface area contributed by atoms with Crippen LogP contribution >= 0.6 is 34.7 Å². The predicted molar refractivity (Wildman–Crippen MR) is 105 cm³/mol. The van der Waals surface area contributed by atoms with E-state index in [4.69, 9.17) is 11.6 Å². The molecular weight excluding hydrogens is 392 g/mol. The van der Waals surface area contributed by atoms with Crippen molar-refractivity contribution in [2.75, 3.05) is 16.4 Å². The summed E-state index contributed by atoms with van der Waals surface area (Å²) < 4.78 is 0.597. The van der Waals surface area contributed by atoms with Gasteiger partial charge in [0.2, 0.25) is 11.0 Å². The van der Waals surface area contributed by atoms with E-state index in [1.165, 1.54) is 23.1 Å². The molecule has 0 unspecified atom stereocenters. The van der Waals surface area contributed by atoms with Gasteiger partial charge in [-0.2, -0.15) is 0 Å². The molecule has 2 amide bonds. The monoisotopic (exact) mass is 404 g/mol. The Morgan fingerprint density at radius 3 is 2.46 bits per heavy atom. The zero-order valence-electron chi connectivity index (χ0n) is 13.3. The van der Waals surface area contributed by atoms with Gasteiger partial charge in [-0.3, -0.25) is 14.9 Å². The Morgan fingerprint density at radius 2 is 1.73 bits per heavy atom. The van der Waals surface area contributed by atoms with Crippen LogP contribution in [0.25, 0.3) is 0 Å². The molecule has 3 rings (SSSR count). The first-order valence-electron chi connectivity index (χ1n) is 7.48. The summed E-state index contributed by atoms with van der Waals surface area (Å²) >= 11 is 8.27. The molecule has 3 aromatic rings. The molecule has 0 fully saturated rings. The second-order valence-electron chi connectivity index (χ2n) is 5.04. The topological polar surface area (TPSA) is 84.0 Å². The van der Waals surface area contributed by atoms with Gasteiger partial charge >= 0.3 is 0 Å². The van der Waals surface area contributed by atoms with Crippen molar-refractivity contribution in [3.8, 4) is 0 Å². The van der Waals surface area contributed by atoms with Crippen molar-refractivity contribution < 1.29 is 9.59 Å². The number of nitrogens with zero attached hydrogens (tertiary/aromatic N) is 2. The van der Waals surface area contributed by atoms with Gasteiger partial charge in [0.05, 0.1) is 5.75 Å². The lowest BCUT2D eigenvalue weighted by Crippen LogP contribution is -2.13. The molecule has 0 bridgehead atoms. The van der Waals surface area contributed by atoms with Crippen LogP contribution in [0.4, 0.5) is 10.8 Å². The molecule has 0 spiro atoms. The van der Waals surface area contributed by atoms with Crippen LogP contribution in [-0.2, 0) is 4.79 Å². The van der Waals surface area contributed by atoms with Gasteiger partial charge in [0.15, 0.2) is 4.34 Å².